The van der Waals surface area contributed by atoms with Crippen LogP contribution in [0.4, 0.5) is 5.69 Å². The van der Waals surface area contributed by atoms with Crippen LogP contribution in [0.2, 0.25) is 0 Å². The molecule has 0 unspecified atom stereocenters. The van der Waals surface area contributed by atoms with Crippen LogP contribution in [0.1, 0.15) is 18.9 Å². The molecule has 1 saturated heterocycles. The predicted octanol–water partition coefficient (Wildman–Crippen LogP) is 3.25. The zero-order chi connectivity index (χ0) is 18.2. The van der Waals surface area contributed by atoms with E-state index in [-0.39, 0.29) is 5.91 Å². The zero-order valence-electron chi connectivity index (χ0n) is 15.7. The number of carbonyl (C=O) groups excluding carboxylic acids is 1. The van der Waals surface area contributed by atoms with Gasteiger partial charge in [-0.1, -0.05) is 48.5 Å². The highest BCUT2D eigenvalue weighted by Crippen LogP contribution is 2.14. The van der Waals surface area contributed by atoms with E-state index in [1.165, 1.54) is 11.3 Å². The van der Waals surface area contributed by atoms with Gasteiger partial charge in [-0.15, -0.1) is 0 Å². The Balaban J connectivity index is 1.43. The van der Waals surface area contributed by atoms with Gasteiger partial charge in [0, 0.05) is 57.9 Å². The Morgan fingerprint density at radius 2 is 1.54 bits per heavy atom. The zero-order valence-corrected chi connectivity index (χ0v) is 15.7. The van der Waals surface area contributed by atoms with Gasteiger partial charge in [-0.25, -0.2) is 0 Å². The minimum absolute atomic E-state index is 0.277. The minimum Gasteiger partial charge on any atom is -0.371 e. The van der Waals surface area contributed by atoms with Crippen molar-refractivity contribution in [1.29, 1.82) is 0 Å². The number of para-hydroxylation sites is 1. The van der Waals surface area contributed by atoms with E-state index in [0.717, 1.165) is 45.8 Å². The molecule has 0 aliphatic carbocycles. The number of nitrogens with zero attached hydrogens (tertiary/aromatic N) is 3. The summed E-state index contributed by atoms with van der Waals surface area (Å²) in [5.41, 5.74) is 2.53. The van der Waals surface area contributed by atoms with E-state index in [1.54, 1.807) is 0 Å². The maximum atomic E-state index is 12.6. The standard InChI is InChI=1S/C22H29N3O/c1-2-24(21-11-7-4-8-12-21)14-13-22(26)25-17-15-23(16-18-25)19-20-9-5-3-6-10-20/h3-12H,2,13-19H2,1H3. The molecule has 0 aromatic heterocycles. The number of anilines is 1. The molecule has 1 fully saturated rings. The van der Waals surface area contributed by atoms with Crippen molar-refractivity contribution >= 4 is 11.6 Å². The molecular formula is C22H29N3O. The van der Waals surface area contributed by atoms with Crippen molar-refractivity contribution in [2.24, 2.45) is 0 Å². The predicted molar refractivity (Wildman–Crippen MR) is 107 cm³/mol. The van der Waals surface area contributed by atoms with Crippen LogP contribution in [0.5, 0.6) is 0 Å². The van der Waals surface area contributed by atoms with Crippen molar-refractivity contribution in [2.45, 2.75) is 19.9 Å². The molecule has 2 aromatic carbocycles. The number of piperazine rings is 1. The van der Waals surface area contributed by atoms with Crippen molar-refractivity contribution in [2.75, 3.05) is 44.2 Å². The minimum atomic E-state index is 0.277. The molecule has 0 atom stereocenters. The summed E-state index contributed by atoms with van der Waals surface area (Å²) >= 11 is 0. The number of hydrogen-bond donors (Lipinski definition) is 0. The smallest absolute Gasteiger partial charge is 0.224 e. The highest BCUT2D eigenvalue weighted by molar-refractivity contribution is 5.77. The molecule has 1 amide bonds. The fraction of sp³-hybridized carbons (Fsp3) is 0.409. The summed E-state index contributed by atoms with van der Waals surface area (Å²) in [7, 11) is 0. The molecule has 4 nitrogen and oxygen atoms in total. The Labute approximate surface area is 157 Å². The third-order valence-corrected chi connectivity index (χ3v) is 5.07. The average molecular weight is 351 g/mol. The van der Waals surface area contributed by atoms with Crippen LogP contribution >= 0.6 is 0 Å². The van der Waals surface area contributed by atoms with Crippen molar-refractivity contribution in [3.05, 3.63) is 66.2 Å². The first-order valence-corrected chi connectivity index (χ1v) is 9.60. The van der Waals surface area contributed by atoms with E-state index in [9.17, 15) is 4.79 Å². The Bertz CT molecular complexity index is 666. The molecule has 26 heavy (non-hydrogen) atoms. The normalized spacial score (nSPS) is 15.0. The van der Waals surface area contributed by atoms with Gasteiger partial charge in [0.05, 0.1) is 0 Å². The lowest BCUT2D eigenvalue weighted by Gasteiger charge is -2.35. The summed E-state index contributed by atoms with van der Waals surface area (Å²) in [6.07, 6.45) is 0.585. The Morgan fingerprint density at radius 3 is 2.15 bits per heavy atom. The second-order valence-electron chi connectivity index (χ2n) is 6.81. The van der Waals surface area contributed by atoms with Gasteiger partial charge in [0.2, 0.25) is 5.91 Å². The number of rotatable bonds is 7. The van der Waals surface area contributed by atoms with Crippen molar-refractivity contribution in [3.8, 4) is 0 Å². The van der Waals surface area contributed by atoms with Crippen LogP contribution in [0.25, 0.3) is 0 Å². The summed E-state index contributed by atoms with van der Waals surface area (Å²) < 4.78 is 0. The van der Waals surface area contributed by atoms with E-state index in [2.05, 4.69) is 59.2 Å². The number of benzene rings is 2. The lowest BCUT2D eigenvalue weighted by molar-refractivity contribution is -0.132. The van der Waals surface area contributed by atoms with Gasteiger partial charge >= 0.3 is 0 Å². The van der Waals surface area contributed by atoms with E-state index < -0.39 is 0 Å². The summed E-state index contributed by atoms with van der Waals surface area (Å²) in [5, 5.41) is 0. The lowest BCUT2D eigenvalue weighted by Crippen LogP contribution is -2.48. The fourth-order valence-corrected chi connectivity index (χ4v) is 3.49. The van der Waals surface area contributed by atoms with E-state index in [0.29, 0.717) is 6.42 Å². The van der Waals surface area contributed by atoms with Gasteiger partial charge < -0.3 is 9.80 Å². The molecule has 3 rings (SSSR count). The highest BCUT2D eigenvalue weighted by Gasteiger charge is 2.21. The van der Waals surface area contributed by atoms with Crippen LogP contribution in [0.3, 0.4) is 0 Å². The number of amides is 1. The third kappa shape index (κ3) is 5.09. The quantitative estimate of drug-likeness (QED) is 0.766. The second kappa shape index (κ2) is 9.39. The van der Waals surface area contributed by atoms with E-state index in [1.807, 2.05) is 23.1 Å². The maximum Gasteiger partial charge on any atom is 0.224 e. The van der Waals surface area contributed by atoms with Crippen LogP contribution < -0.4 is 4.90 Å². The average Bonchev–Trinajstić information content (AvgIpc) is 2.70. The lowest BCUT2D eigenvalue weighted by atomic mass is 10.2. The second-order valence-corrected chi connectivity index (χ2v) is 6.81. The fourth-order valence-electron chi connectivity index (χ4n) is 3.49. The summed E-state index contributed by atoms with van der Waals surface area (Å²) in [6.45, 7) is 8.39. The Kier molecular flexibility index (Phi) is 6.67. The van der Waals surface area contributed by atoms with E-state index in [4.69, 9.17) is 0 Å². The molecular weight excluding hydrogens is 322 g/mol. The molecule has 4 heteroatoms. The molecule has 0 spiro atoms. The molecule has 0 bridgehead atoms. The topological polar surface area (TPSA) is 26.8 Å². The van der Waals surface area contributed by atoms with E-state index >= 15 is 0 Å². The van der Waals surface area contributed by atoms with Crippen molar-refractivity contribution in [1.82, 2.24) is 9.80 Å². The third-order valence-electron chi connectivity index (χ3n) is 5.07. The molecule has 0 radical (unpaired) electrons. The first kappa shape index (κ1) is 18.5. The molecule has 0 N–H and O–H groups in total. The van der Waals surface area contributed by atoms with Crippen LogP contribution in [-0.2, 0) is 11.3 Å². The SMILES string of the molecule is CCN(CCC(=O)N1CCN(Cc2ccccc2)CC1)c1ccccc1. The van der Waals surface area contributed by atoms with Gasteiger partial charge in [0.1, 0.15) is 0 Å². The first-order chi connectivity index (χ1) is 12.8. The maximum absolute atomic E-state index is 12.6. The van der Waals surface area contributed by atoms with Crippen LogP contribution in [0, 0.1) is 0 Å². The van der Waals surface area contributed by atoms with Crippen molar-refractivity contribution in [3.63, 3.8) is 0 Å². The molecule has 1 aliphatic rings. The van der Waals surface area contributed by atoms with Crippen molar-refractivity contribution < 1.29 is 4.79 Å². The summed E-state index contributed by atoms with van der Waals surface area (Å²) in [6, 6.07) is 20.9. The highest BCUT2D eigenvalue weighted by atomic mass is 16.2. The summed E-state index contributed by atoms with van der Waals surface area (Å²) in [5.74, 6) is 0.277. The number of carbonyl (C=O) groups is 1. The van der Waals surface area contributed by atoms with Crippen LogP contribution in [-0.4, -0.2) is 55.0 Å². The summed E-state index contributed by atoms with van der Waals surface area (Å²) in [4.78, 5) is 19.3. The molecule has 1 aliphatic heterocycles. The monoisotopic (exact) mass is 351 g/mol. The Hall–Kier alpha value is -2.33. The van der Waals surface area contributed by atoms with Gasteiger partial charge in [-0.05, 0) is 24.6 Å². The van der Waals surface area contributed by atoms with Gasteiger partial charge in [-0.3, -0.25) is 9.69 Å². The number of hydrogen-bond acceptors (Lipinski definition) is 3. The molecule has 0 saturated carbocycles. The molecule has 138 valence electrons. The first-order valence-electron chi connectivity index (χ1n) is 9.60. The van der Waals surface area contributed by atoms with Gasteiger partial charge in [0.15, 0.2) is 0 Å². The molecule has 1 heterocycles. The Morgan fingerprint density at radius 1 is 0.923 bits per heavy atom. The van der Waals surface area contributed by atoms with Gasteiger partial charge in [-0.2, -0.15) is 0 Å². The molecule has 2 aromatic rings. The van der Waals surface area contributed by atoms with Crippen LogP contribution in [0.15, 0.2) is 60.7 Å². The van der Waals surface area contributed by atoms with Gasteiger partial charge in [0.25, 0.3) is 0 Å². The largest absolute Gasteiger partial charge is 0.371 e.